The summed E-state index contributed by atoms with van der Waals surface area (Å²) in [6.07, 6.45) is 2.40. The molecule has 1 aliphatic heterocycles. The Morgan fingerprint density at radius 2 is 2.03 bits per heavy atom. The van der Waals surface area contributed by atoms with Gasteiger partial charge in [0.2, 0.25) is 5.89 Å². The Kier molecular flexibility index (Phi) is 4.89. The highest BCUT2D eigenvalue weighted by Gasteiger charge is 2.33. The molecule has 0 radical (unpaired) electrons. The van der Waals surface area contributed by atoms with Crippen LogP contribution in [0.5, 0.6) is 0 Å². The quantitative estimate of drug-likeness (QED) is 0.553. The first-order valence-corrected chi connectivity index (χ1v) is 11.1. The fourth-order valence-electron chi connectivity index (χ4n) is 4.24. The molecule has 2 aromatic carbocycles. The zero-order chi connectivity index (χ0) is 19.8. The minimum Gasteiger partial charge on any atom is -0.415 e. The van der Waals surface area contributed by atoms with Gasteiger partial charge in [0, 0.05) is 5.56 Å². The van der Waals surface area contributed by atoms with E-state index in [1.807, 2.05) is 23.5 Å². The molecule has 5 nitrogen and oxygen atoms in total. The number of aryl methyl sites for hydroxylation is 1. The van der Waals surface area contributed by atoms with Gasteiger partial charge in [0.15, 0.2) is 6.04 Å². The van der Waals surface area contributed by atoms with Crippen molar-refractivity contribution in [2.45, 2.75) is 38.6 Å². The lowest BCUT2D eigenvalue weighted by atomic mass is 9.97. The van der Waals surface area contributed by atoms with Gasteiger partial charge >= 0.3 is 0 Å². The van der Waals surface area contributed by atoms with E-state index < -0.39 is 0 Å². The van der Waals surface area contributed by atoms with Gasteiger partial charge < -0.3 is 9.32 Å². The van der Waals surface area contributed by atoms with Crippen LogP contribution in [-0.2, 0) is 0 Å². The first kappa shape index (κ1) is 18.5. The normalized spacial score (nSPS) is 20.8. The second-order valence-electron chi connectivity index (χ2n) is 8.01. The van der Waals surface area contributed by atoms with Gasteiger partial charge in [-0.1, -0.05) is 29.8 Å². The Bertz CT molecular complexity index is 1100. The van der Waals surface area contributed by atoms with Gasteiger partial charge in [-0.2, -0.15) is 0 Å². The number of nitrogens with one attached hydrogen (secondary N) is 1. The van der Waals surface area contributed by atoms with Crippen molar-refractivity contribution in [2.24, 2.45) is 0 Å². The van der Waals surface area contributed by atoms with Crippen LogP contribution in [0.15, 0.2) is 52.9 Å². The maximum atomic E-state index is 6.07. The molecule has 0 aliphatic carbocycles. The fraction of sp³-hybridized carbons (Fsp3) is 0.348. The molecule has 1 unspecified atom stereocenters. The van der Waals surface area contributed by atoms with Crippen molar-refractivity contribution in [3.05, 3.63) is 65.0 Å². The van der Waals surface area contributed by atoms with E-state index in [0.717, 1.165) is 30.1 Å². The predicted octanol–water partition coefficient (Wildman–Crippen LogP) is 4.18. The van der Waals surface area contributed by atoms with Crippen LogP contribution in [-0.4, -0.2) is 28.3 Å². The van der Waals surface area contributed by atoms with E-state index in [1.54, 1.807) is 0 Å². The Labute approximate surface area is 174 Å². The van der Waals surface area contributed by atoms with E-state index in [4.69, 9.17) is 9.40 Å². The smallest absolute Gasteiger partial charge is 0.274 e. The monoisotopic (exact) mass is 405 g/mol. The van der Waals surface area contributed by atoms with Gasteiger partial charge in [-0.25, -0.2) is 4.98 Å². The second-order valence-corrected chi connectivity index (χ2v) is 9.07. The molecule has 1 saturated heterocycles. The standard InChI is InChI=1S/C23H24N4OS/c1-15-7-5-8-17(13-15)22-26-25-21(28-22)16(2)27-12-6-9-18(14-27)23-24-19-10-3-4-11-20(19)29-23/h3-5,7-8,10-11,13,16,18H,6,9,12,14H2,1-2H3/p+1/t16-,18+/m1/s1. The summed E-state index contributed by atoms with van der Waals surface area (Å²) in [5.74, 6) is 1.83. The zero-order valence-corrected chi connectivity index (χ0v) is 17.6. The molecule has 0 amide bonds. The highest BCUT2D eigenvalue weighted by atomic mass is 32.1. The first-order valence-electron chi connectivity index (χ1n) is 10.3. The van der Waals surface area contributed by atoms with Gasteiger partial charge in [0.05, 0.1) is 29.2 Å². The predicted molar refractivity (Wildman–Crippen MR) is 115 cm³/mol. The minimum absolute atomic E-state index is 0.179. The zero-order valence-electron chi connectivity index (χ0n) is 16.8. The number of rotatable bonds is 4. The third-order valence-electron chi connectivity index (χ3n) is 5.91. The summed E-state index contributed by atoms with van der Waals surface area (Å²) in [5.41, 5.74) is 3.29. The van der Waals surface area contributed by atoms with Crippen molar-refractivity contribution in [1.82, 2.24) is 15.2 Å². The number of fused-ring (bicyclic) bond motifs is 1. The molecule has 5 rings (SSSR count). The van der Waals surface area contributed by atoms with Crippen LogP contribution in [0.3, 0.4) is 0 Å². The number of piperidine rings is 1. The average molecular weight is 406 g/mol. The van der Waals surface area contributed by atoms with Crippen molar-refractivity contribution < 1.29 is 9.32 Å². The largest absolute Gasteiger partial charge is 0.415 e. The topological polar surface area (TPSA) is 56.2 Å². The number of para-hydroxylation sites is 1. The van der Waals surface area contributed by atoms with Crippen LogP contribution in [0, 0.1) is 6.92 Å². The van der Waals surface area contributed by atoms with Crippen LogP contribution >= 0.6 is 11.3 Å². The van der Waals surface area contributed by atoms with E-state index in [2.05, 4.69) is 60.4 Å². The summed E-state index contributed by atoms with van der Waals surface area (Å²) in [6.45, 7) is 6.46. The SMILES string of the molecule is Cc1cccc(-c2nnc([C@@H](C)[NH+]3CCC[C@H](c4nc5ccccc5s4)C3)o2)c1. The fourth-order valence-corrected chi connectivity index (χ4v) is 5.35. The molecule has 1 fully saturated rings. The Morgan fingerprint density at radius 3 is 2.90 bits per heavy atom. The third kappa shape index (κ3) is 3.70. The molecule has 3 heterocycles. The molecule has 6 heteroatoms. The van der Waals surface area contributed by atoms with Crippen LogP contribution < -0.4 is 4.90 Å². The Morgan fingerprint density at radius 1 is 1.14 bits per heavy atom. The van der Waals surface area contributed by atoms with E-state index in [1.165, 1.54) is 33.0 Å². The van der Waals surface area contributed by atoms with E-state index in [9.17, 15) is 0 Å². The summed E-state index contributed by atoms with van der Waals surface area (Å²) < 4.78 is 7.35. The molecule has 2 aromatic heterocycles. The third-order valence-corrected chi connectivity index (χ3v) is 7.11. The number of hydrogen-bond acceptors (Lipinski definition) is 5. The molecule has 0 spiro atoms. The molecular weight excluding hydrogens is 380 g/mol. The lowest BCUT2D eigenvalue weighted by molar-refractivity contribution is -0.937. The molecule has 29 heavy (non-hydrogen) atoms. The lowest BCUT2D eigenvalue weighted by Gasteiger charge is -2.31. The van der Waals surface area contributed by atoms with Crippen molar-refractivity contribution in [1.29, 1.82) is 0 Å². The van der Waals surface area contributed by atoms with E-state index in [0.29, 0.717) is 11.8 Å². The van der Waals surface area contributed by atoms with Crippen LogP contribution in [0.4, 0.5) is 0 Å². The van der Waals surface area contributed by atoms with Crippen molar-refractivity contribution in [2.75, 3.05) is 13.1 Å². The average Bonchev–Trinajstić information content (AvgIpc) is 3.41. The Balaban J connectivity index is 1.34. The molecule has 1 aliphatic rings. The Hall–Kier alpha value is -2.57. The summed E-state index contributed by atoms with van der Waals surface area (Å²) in [7, 11) is 0. The molecule has 3 atom stereocenters. The molecule has 1 N–H and O–H groups in total. The number of thiazole rings is 1. The van der Waals surface area contributed by atoms with Crippen LogP contribution in [0.2, 0.25) is 0 Å². The van der Waals surface area contributed by atoms with Gasteiger partial charge in [-0.3, -0.25) is 0 Å². The summed E-state index contributed by atoms with van der Waals surface area (Å²) in [4.78, 5) is 6.41. The summed E-state index contributed by atoms with van der Waals surface area (Å²) in [6, 6.07) is 16.8. The number of likely N-dealkylation sites (tertiary alicyclic amines) is 1. The molecular formula is C23H25N4OS+. The minimum atomic E-state index is 0.179. The van der Waals surface area contributed by atoms with Crippen LogP contribution in [0.25, 0.3) is 21.7 Å². The van der Waals surface area contributed by atoms with Gasteiger partial charge in [0.1, 0.15) is 5.01 Å². The van der Waals surface area contributed by atoms with Crippen LogP contribution in [0.1, 0.15) is 48.2 Å². The van der Waals surface area contributed by atoms with E-state index in [-0.39, 0.29) is 6.04 Å². The highest BCUT2D eigenvalue weighted by Crippen LogP contribution is 2.30. The maximum Gasteiger partial charge on any atom is 0.274 e. The van der Waals surface area contributed by atoms with Crippen molar-refractivity contribution in [3.8, 4) is 11.5 Å². The van der Waals surface area contributed by atoms with Gasteiger partial charge in [0.25, 0.3) is 5.89 Å². The molecule has 4 aromatic rings. The lowest BCUT2D eigenvalue weighted by Crippen LogP contribution is -3.13. The highest BCUT2D eigenvalue weighted by molar-refractivity contribution is 7.18. The van der Waals surface area contributed by atoms with Gasteiger partial charge in [-0.05, 0) is 51.0 Å². The number of quaternary nitrogens is 1. The number of aromatic nitrogens is 3. The number of hydrogen-bond donors (Lipinski definition) is 1. The second kappa shape index (κ2) is 7.69. The molecule has 0 bridgehead atoms. The number of nitrogens with zero attached hydrogens (tertiary/aromatic N) is 3. The summed E-state index contributed by atoms with van der Waals surface area (Å²) in [5, 5.41) is 9.95. The summed E-state index contributed by atoms with van der Waals surface area (Å²) >= 11 is 1.84. The maximum absolute atomic E-state index is 6.07. The molecule has 148 valence electrons. The number of benzene rings is 2. The first-order chi connectivity index (χ1) is 14.2. The van der Waals surface area contributed by atoms with Crippen molar-refractivity contribution in [3.63, 3.8) is 0 Å². The van der Waals surface area contributed by atoms with E-state index >= 15 is 0 Å². The molecule has 0 saturated carbocycles. The van der Waals surface area contributed by atoms with Crippen molar-refractivity contribution >= 4 is 21.6 Å². The van der Waals surface area contributed by atoms with Gasteiger partial charge in [-0.15, -0.1) is 21.5 Å².